The fourth-order valence-electron chi connectivity index (χ4n) is 4.33. The van der Waals surface area contributed by atoms with E-state index < -0.39 is 5.97 Å². The molecule has 0 aromatic heterocycles. The molecule has 7 nitrogen and oxygen atoms in total. The van der Waals surface area contributed by atoms with Gasteiger partial charge < -0.3 is 10.4 Å². The number of amides is 3. The molecule has 0 saturated heterocycles. The Kier molecular flexibility index (Phi) is 7.01. The van der Waals surface area contributed by atoms with Crippen molar-refractivity contribution in [1.82, 2.24) is 10.2 Å². The van der Waals surface area contributed by atoms with Gasteiger partial charge in [-0.2, -0.15) is 0 Å². The number of carbonyl (C=O) groups excluding carboxylic acids is 3. The smallest absolute Gasteiger partial charge is 0.303 e. The lowest BCUT2D eigenvalue weighted by Crippen LogP contribution is -2.43. The Morgan fingerprint density at radius 1 is 1.00 bits per heavy atom. The maximum atomic E-state index is 12.7. The molecule has 0 bridgehead atoms. The van der Waals surface area contributed by atoms with Gasteiger partial charge in [0.2, 0.25) is 5.91 Å². The van der Waals surface area contributed by atoms with Crippen molar-refractivity contribution >= 4 is 23.7 Å². The van der Waals surface area contributed by atoms with E-state index in [-0.39, 0.29) is 42.5 Å². The van der Waals surface area contributed by atoms with Crippen LogP contribution < -0.4 is 5.32 Å². The van der Waals surface area contributed by atoms with E-state index in [1.807, 2.05) is 0 Å². The van der Waals surface area contributed by atoms with Gasteiger partial charge >= 0.3 is 5.97 Å². The van der Waals surface area contributed by atoms with E-state index >= 15 is 0 Å². The van der Waals surface area contributed by atoms with E-state index in [1.165, 1.54) is 4.90 Å². The highest BCUT2D eigenvalue weighted by Crippen LogP contribution is 2.33. The fourth-order valence-corrected chi connectivity index (χ4v) is 4.33. The van der Waals surface area contributed by atoms with E-state index in [1.54, 1.807) is 24.3 Å². The van der Waals surface area contributed by atoms with E-state index in [0.717, 1.165) is 38.5 Å². The van der Waals surface area contributed by atoms with Crippen LogP contribution in [0.15, 0.2) is 24.3 Å². The molecule has 3 rings (SSSR count). The number of nitrogens with zero attached hydrogens (tertiary/aromatic N) is 1. The summed E-state index contributed by atoms with van der Waals surface area (Å²) < 4.78 is 0. The van der Waals surface area contributed by atoms with Gasteiger partial charge in [-0.1, -0.05) is 31.4 Å². The summed E-state index contributed by atoms with van der Waals surface area (Å²) in [6.45, 7) is 0.803. The van der Waals surface area contributed by atoms with Crippen LogP contribution >= 0.6 is 0 Å². The number of carboxylic acid groups (broad SMARTS) is 1. The summed E-state index contributed by atoms with van der Waals surface area (Å²) in [6, 6.07) is 6.84. The largest absolute Gasteiger partial charge is 0.481 e. The number of carboxylic acids is 1. The van der Waals surface area contributed by atoms with Crippen LogP contribution in [0.2, 0.25) is 0 Å². The molecule has 2 aliphatic rings. The third kappa shape index (κ3) is 5.02. The second-order valence-corrected chi connectivity index (χ2v) is 7.91. The Bertz CT molecular complexity index is 756. The van der Waals surface area contributed by atoms with Crippen LogP contribution in [0.3, 0.4) is 0 Å². The second kappa shape index (κ2) is 9.67. The molecule has 1 aromatic rings. The van der Waals surface area contributed by atoms with Crippen molar-refractivity contribution in [3.05, 3.63) is 35.4 Å². The van der Waals surface area contributed by atoms with Crippen molar-refractivity contribution < 1.29 is 24.3 Å². The molecule has 29 heavy (non-hydrogen) atoms. The van der Waals surface area contributed by atoms with E-state index in [2.05, 4.69) is 5.32 Å². The molecule has 2 N–H and O–H groups in total. The lowest BCUT2D eigenvalue weighted by Gasteiger charge is -2.32. The Morgan fingerprint density at radius 2 is 1.66 bits per heavy atom. The number of benzene rings is 1. The number of aliphatic carboxylic acids is 1. The van der Waals surface area contributed by atoms with Crippen LogP contribution in [0.5, 0.6) is 0 Å². The first kappa shape index (κ1) is 21.0. The summed E-state index contributed by atoms with van der Waals surface area (Å²) in [5.41, 5.74) is 0.881. The zero-order chi connectivity index (χ0) is 20.8. The van der Waals surface area contributed by atoms with Gasteiger partial charge in [0.05, 0.1) is 11.1 Å². The van der Waals surface area contributed by atoms with Crippen molar-refractivity contribution in [2.45, 2.75) is 51.4 Å². The summed E-state index contributed by atoms with van der Waals surface area (Å²) in [6.07, 6.45) is 5.81. The molecule has 1 aliphatic carbocycles. The molecule has 1 saturated carbocycles. The number of hydrogen-bond acceptors (Lipinski definition) is 4. The molecule has 2 atom stereocenters. The minimum Gasteiger partial charge on any atom is -0.481 e. The molecular weight excluding hydrogens is 372 g/mol. The first-order valence-electron chi connectivity index (χ1n) is 10.4. The molecule has 1 aromatic carbocycles. The fraction of sp³-hybridized carbons (Fsp3) is 0.545. The summed E-state index contributed by atoms with van der Waals surface area (Å²) in [5, 5.41) is 11.6. The highest BCUT2D eigenvalue weighted by Gasteiger charge is 2.39. The highest BCUT2D eigenvalue weighted by molar-refractivity contribution is 6.21. The zero-order valence-corrected chi connectivity index (χ0v) is 16.6. The Hall–Kier alpha value is -2.70. The van der Waals surface area contributed by atoms with E-state index in [4.69, 9.17) is 5.11 Å². The Morgan fingerprint density at radius 3 is 2.31 bits per heavy atom. The topological polar surface area (TPSA) is 104 Å². The number of fused-ring (bicyclic) bond motifs is 1. The van der Waals surface area contributed by atoms with Crippen LogP contribution in [0.25, 0.3) is 0 Å². The molecule has 1 fully saturated rings. The van der Waals surface area contributed by atoms with E-state index in [9.17, 15) is 19.2 Å². The number of unbranched alkanes of at least 4 members (excludes halogenated alkanes) is 2. The molecule has 7 heteroatoms. The van der Waals surface area contributed by atoms with Gasteiger partial charge in [0.25, 0.3) is 11.8 Å². The second-order valence-electron chi connectivity index (χ2n) is 7.91. The maximum Gasteiger partial charge on any atom is 0.303 e. The van der Waals surface area contributed by atoms with Crippen LogP contribution in [0, 0.1) is 11.8 Å². The minimum absolute atomic E-state index is 0.0236. The molecule has 0 spiro atoms. The van der Waals surface area contributed by atoms with Gasteiger partial charge in [-0.05, 0) is 43.7 Å². The van der Waals surface area contributed by atoms with Crippen molar-refractivity contribution in [3.8, 4) is 0 Å². The molecule has 0 radical (unpaired) electrons. The molecule has 2 unspecified atom stereocenters. The van der Waals surface area contributed by atoms with Crippen LogP contribution in [-0.2, 0) is 9.59 Å². The zero-order valence-electron chi connectivity index (χ0n) is 16.6. The van der Waals surface area contributed by atoms with Crippen LogP contribution in [-0.4, -0.2) is 46.8 Å². The lowest BCUT2D eigenvalue weighted by atomic mass is 9.78. The van der Waals surface area contributed by atoms with Gasteiger partial charge in [-0.25, -0.2) is 0 Å². The monoisotopic (exact) mass is 400 g/mol. The van der Waals surface area contributed by atoms with Gasteiger partial charge in [0.15, 0.2) is 0 Å². The van der Waals surface area contributed by atoms with Crippen LogP contribution in [0.1, 0.15) is 72.1 Å². The summed E-state index contributed by atoms with van der Waals surface area (Å²) >= 11 is 0. The molecule has 3 amide bonds. The highest BCUT2D eigenvalue weighted by atomic mass is 16.4. The lowest BCUT2D eigenvalue weighted by molar-refractivity contribution is -0.137. The Labute approximate surface area is 170 Å². The number of hydrogen-bond donors (Lipinski definition) is 2. The molecule has 156 valence electrons. The number of rotatable bonds is 9. The predicted molar refractivity (Wildman–Crippen MR) is 106 cm³/mol. The minimum atomic E-state index is -0.799. The molecule has 1 heterocycles. The van der Waals surface area contributed by atoms with Crippen LogP contribution in [0.4, 0.5) is 0 Å². The number of carbonyl (C=O) groups is 4. The average Bonchev–Trinajstić information content (AvgIpc) is 2.96. The van der Waals surface area contributed by atoms with Crippen molar-refractivity contribution in [1.29, 1.82) is 0 Å². The normalized spacial score (nSPS) is 21.2. The summed E-state index contributed by atoms with van der Waals surface area (Å²) in [7, 11) is 0. The standard InChI is InChI=1S/C22H28N2O5/c25-19(26)12-2-1-7-13-23-20(27)16-9-4-3-8-15(16)14-24-21(28)17-10-5-6-11-18(17)22(24)29/h5-6,10-11,15-16H,1-4,7-9,12-14H2,(H,23,27)(H,25,26). The third-order valence-electron chi connectivity index (χ3n) is 5.91. The first-order valence-corrected chi connectivity index (χ1v) is 10.4. The summed E-state index contributed by atoms with van der Waals surface area (Å²) in [5.74, 6) is -1.59. The van der Waals surface area contributed by atoms with Gasteiger partial charge in [0, 0.05) is 25.4 Å². The SMILES string of the molecule is O=C(O)CCCCCNC(=O)C1CCCCC1CN1C(=O)c2ccccc2C1=O. The molecule has 1 aliphatic heterocycles. The average molecular weight is 400 g/mol. The maximum absolute atomic E-state index is 12.7. The summed E-state index contributed by atoms with van der Waals surface area (Å²) in [4.78, 5) is 49.8. The third-order valence-corrected chi connectivity index (χ3v) is 5.91. The number of imide groups is 1. The van der Waals surface area contributed by atoms with Gasteiger partial charge in [-0.3, -0.25) is 24.1 Å². The Balaban J connectivity index is 1.53. The van der Waals surface area contributed by atoms with Gasteiger partial charge in [-0.15, -0.1) is 0 Å². The van der Waals surface area contributed by atoms with Gasteiger partial charge in [0.1, 0.15) is 0 Å². The quantitative estimate of drug-likeness (QED) is 0.490. The molecular formula is C22H28N2O5. The van der Waals surface area contributed by atoms with Crippen molar-refractivity contribution in [2.75, 3.05) is 13.1 Å². The van der Waals surface area contributed by atoms with Crippen molar-refractivity contribution in [2.24, 2.45) is 11.8 Å². The number of nitrogens with one attached hydrogen (secondary N) is 1. The van der Waals surface area contributed by atoms with E-state index in [0.29, 0.717) is 24.1 Å². The van der Waals surface area contributed by atoms with Crippen molar-refractivity contribution in [3.63, 3.8) is 0 Å². The first-order chi connectivity index (χ1) is 14.0. The predicted octanol–water partition coefficient (Wildman–Crippen LogP) is 2.85.